The smallest absolute Gasteiger partial charge is 0.164 e. The summed E-state index contributed by atoms with van der Waals surface area (Å²) in [4.78, 5) is 4.69. The molecule has 1 aromatic carbocycles. The molecule has 0 bridgehead atoms. The summed E-state index contributed by atoms with van der Waals surface area (Å²) >= 11 is 0. The van der Waals surface area contributed by atoms with Gasteiger partial charge in [0.05, 0.1) is 14.2 Å². The van der Waals surface area contributed by atoms with Crippen LogP contribution in [0.15, 0.2) is 17.1 Å². The molecule has 0 amide bonds. The van der Waals surface area contributed by atoms with Gasteiger partial charge in [-0.2, -0.15) is 0 Å². The number of rotatable bonds is 2. The molecule has 1 aliphatic carbocycles. The number of fused-ring (bicyclic) bond motifs is 2. The molecule has 0 spiro atoms. The van der Waals surface area contributed by atoms with Crippen molar-refractivity contribution in [1.82, 2.24) is 0 Å². The lowest BCUT2D eigenvalue weighted by molar-refractivity contribution is 0.349. The Bertz CT molecular complexity index is 494. The van der Waals surface area contributed by atoms with E-state index in [0.29, 0.717) is 5.92 Å². The quantitative estimate of drug-likeness (QED) is 0.802. The third kappa shape index (κ3) is 1.78. The Hall–Kier alpha value is -1.51. The molecule has 3 heteroatoms. The summed E-state index contributed by atoms with van der Waals surface area (Å²) in [7, 11) is 3.42. The highest BCUT2D eigenvalue weighted by Crippen LogP contribution is 2.39. The first-order valence-corrected chi connectivity index (χ1v) is 6.59. The molecular formula is C15H19NO2. The van der Waals surface area contributed by atoms with Crippen LogP contribution in [0.3, 0.4) is 0 Å². The number of methoxy groups -OCH3 is 2. The molecule has 1 heterocycles. The Kier molecular flexibility index (Phi) is 2.98. The van der Waals surface area contributed by atoms with Crippen LogP contribution in [0, 0.1) is 5.92 Å². The molecule has 0 fully saturated rings. The standard InChI is InChI=1S/C15H19NO2/c1-17-14-6-5-10-9-13-11(4-3-7-16-13)8-12(10)15(14)18-2/h5-6,11H,3-4,7-9H2,1-2H3/t11-/m1/s1. The van der Waals surface area contributed by atoms with E-state index in [9.17, 15) is 0 Å². The van der Waals surface area contributed by atoms with E-state index >= 15 is 0 Å². The second-order valence-corrected chi connectivity index (χ2v) is 5.03. The summed E-state index contributed by atoms with van der Waals surface area (Å²) in [6.07, 6.45) is 4.52. The molecule has 0 radical (unpaired) electrons. The molecule has 0 aromatic heterocycles. The predicted molar refractivity (Wildman–Crippen MR) is 72.0 cm³/mol. The van der Waals surface area contributed by atoms with Crippen molar-refractivity contribution in [3.05, 3.63) is 23.3 Å². The topological polar surface area (TPSA) is 30.8 Å². The maximum atomic E-state index is 5.55. The number of aliphatic imine (C=N–C) groups is 1. The van der Waals surface area contributed by atoms with Gasteiger partial charge < -0.3 is 9.47 Å². The van der Waals surface area contributed by atoms with Gasteiger partial charge in [-0.05, 0) is 30.9 Å². The van der Waals surface area contributed by atoms with Crippen molar-refractivity contribution < 1.29 is 9.47 Å². The second kappa shape index (κ2) is 4.63. The molecule has 18 heavy (non-hydrogen) atoms. The summed E-state index contributed by atoms with van der Waals surface area (Å²) in [5.74, 6) is 2.37. The zero-order valence-electron chi connectivity index (χ0n) is 11.0. The summed E-state index contributed by atoms with van der Waals surface area (Å²) < 4.78 is 10.9. The fourth-order valence-corrected chi connectivity index (χ4v) is 3.14. The minimum atomic E-state index is 0.618. The van der Waals surface area contributed by atoms with Gasteiger partial charge >= 0.3 is 0 Å². The average Bonchev–Trinajstić information content (AvgIpc) is 2.43. The van der Waals surface area contributed by atoms with Crippen LogP contribution in [-0.2, 0) is 12.8 Å². The zero-order valence-corrected chi connectivity index (χ0v) is 11.0. The first kappa shape index (κ1) is 11.6. The molecule has 96 valence electrons. The Balaban J connectivity index is 2.05. The Morgan fingerprint density at radius 3 is 2.89 bits per heavy atom. The van der Waals surface area contributed by atoms with Gasteiger partial charge in [-0.15, -0.1) is 0 Å². The van der Waals surface area contributed by atoms with E-state index in [1.807, 2.05) is 6.07 Å². The second-order valence-electron chi connectivity index (χ2n) is 5.03. The zero-order chi connectivity index (χ0) is 12.5. The minimum Gasteiger partial charge on any atom is -0.493 e. The maximum Gasteiger partial charge on any atom is 0.164 e. The number of hydrogen-bond acceptors (Lipinski definition) is 3. The molecule has 0 saturated carbocycles. The van der Waals surface area contributed by atoms with Crippen LogP contribution in [0.4, 0.5) is 0 Å². The average molecular weight is 245 g/mol. The molecular weight excluding hydrogens is 226 g/mol. The van der Waals surface area contributed by atoms with E-state index in [0.717, 1.165) is 30.9 Å². The minimum absolute atomic E-state index is 0.618. The van der Waals surface area contributed by atoms with Gasteiger partial charge in [0.15, 0.2) is 11.5 Å². The van der Waals surface area contributed by atoms with Gasteiger partial charge in [-0.1, -0.05) is 6.07 Å². The highest BCUT2D eigenvalue weighted by Gasteiger charge is 2.29. The lowest BCUT2D eigenvalue weighted by Gasteiger charge is -2.30. The Morgan fingerprint density at radius 1 is 1.22 bits per heavy atom. The maximum absolute atomic E-state index is 5.55. The Morgan fingerprint density at radius 2 is 2.11 bits per heavy atom. The Labute approximate surface area is 108 Å². The third-order valence-corrected chi connectivity index (χ3v) is 4.06. The van der Waals surface area contributed by atoms with Gasteiger partial charge in [0.2, 0.25) is 0 Å². The molecule has 1 aliphatic heterocycles. The molecule has 0 saturated heterocycles. The van der Waals surface area contributed by atoms with Crippen molar-refractivity contribution >= 4 is 5.71 Å². The number of ether oxygens (including phenoxy) is 2. The predicted octanol–water partition coefficient (Wildman–Crippen LogP) is 2.65. The van der Waals surface area contributed by atoms with Gasteiger partial charge in [0.1, 0.15) is 0 Å². The fourth-order valence-electron chi connectivity index (χ4n) is 3.14. The normalized spacial score (nSPS) is 21.7. The largest absolute Gasteiger partial charge is 0.493 e. The molecule has 1 atom stereocenters. The van der Waals surface area contributed by atoms with E-state index in [1.165, 1.54) is 29.7 Å². The lowest BCUT2D eigenvalue weighted by atomic mass is 9.78. The van der Waals surface area contributed by atoms with Crippen LogP contribution in [0.25, 0.3) is 0 Å². The van der Waals surface area contributed by atoms with Gasteiger partial charge in [0.25, 0.3) is 0 Å². The summed E-state index contributed by atoms with van der Waals surface area (Å²) in [6.45, 7) is 1.01. The van der Waals surface area contributed by atoms with Gasteiger partial charge in [0, 0.05) is 30.2 Å². The van der Waals surface area contributed by atoms with E-state index in [2.05, 4.69) is 6.07 Å². The SMILES string of the molecule is COc1ccc2c(c1OC)C[C@H]1CCCN=C1C2. The summed E-state index contributed by atoms with van der Waals surface area (Å²) in [6, 6.07) is 4.16. The van der Waals surface area contributed by atoms with Crippen molar-refractivity contribution in [3.63, 3.8) is 0 Å². The highest BCUT2D eigenvalue weighted by atomic mass is 16.5. The first-order valence-electron chi connectivity index (χ1n) is 6.59. The van der Waals surface area contributed by atoms with Crippen LogP contribution in [0.1, 0.15) is 24.0 Å². The van der Waals surface area contributed by atoms with E-state index in [1.54, 1.807) is 14.2 Å². The molecule has 0 unspecified atom stereocenters. The highest BCUT2D eigenvalue weighted by molar-refractivity contribution is 5.91. The van der Waals surface area contributed by atoms with Crippen LogP contribution in [0.2, 0.25) is 0 Å². The first-order chi connectivity index (χ1) is 8.83. The van der Waals surface area contributed by atoms with Crippen molar-refractivity contribution in [3.8, 4) is 11.5 Å². The monoisotopic (exact) mass is 245 g/mol. The van der Waals surface area contributed by atoms with Crippen molar-refractivity contribution in [2.24, 2.45) is 10.9 Å². The molecule has 0 N–H and O–H groups in total. The molecule has 1 aromatic rings. The van der Waals surface area contributed by atoms with Crippen LogP contribution < -0.4 is 9.47 Å². The number of benzene rings is 1. The third-order valence-electron chi connectivity index (χ3n) is 4.06. The van der Waals surface area contributed by atoms with Gasteiger partial charge in [-0.3, -0.25) is 4.99 Å². The fraction of sp³-hybridized carbons (Fsp3) is 0.533. The summed E-state index contributed by atoms with van der Waals surface area (Å²) in [5, 5.41) is 0. The summed E-state index contributed by atoms with van der Waals surface area (Å²) in [5.41, 5.74) is 4.06. The number of hydrogen-bond donors (Lipinski definition) is 0. The van der Waals surface area contributed by atoms with E-state index in [-0.39, 0.29) is 0 Å². The van der Waals surface area contributed by atoms with Crippen molar-refractivity contribution in [2.45, 2.75) is 25.7 Å². The van der Waals surface area contributed by atoms with E-state index in [4.69, 9.17) is 14.5 Å². The molecule has 2 aliphatic rings. The number of nitrogens with zero attached hydrogens (tertiary/aromatic N) is 1. The van der Waals surface area contributed by atoms with E-state index < -0.39 is 0 Å². The van der Waals surface area contributed by atoms with Crippen LogP contribution >= 0.6 is 0 Å². The molecule has 3 rings (SSSR count). The van der Waals surface area contributed by atoms with Crippen LogP contribution in [-0.4, -0.2) is 26.5 Å². The van der Waals surface area contributed by atoms with Crippen molar-refractivity contribution in [2.75, 3.05) is 20.8 Å². The van der Waals surface area contributed by atoms with Gasteiger partial charge in [-0.25, -0.2) is 0 Å². The van der Waals surface area contributed by atoms with Crippen LogP contribution in [0.5, 0.6) is 11.5 Å². The molecule has 3 nitrogen and oxygen atoms in total. The van der Waals surface area contributed by atoms with Crippen molar-refractivity contribution in [1.29, 1.82) is 0 Å². The lowest BCUT2D eigenvalue weighted by Crippen LogP contribution is -2.29.